The van der Waals surface area contributed by atoms with Crippen molar-refractivity contribution in [2.45, 2.75) is 39.3 Å². The highest BCUT2D eigenvalue weighted by molar-refractivity contribution is 5.79. The van der Waals surface area contributed by atoms with Crippen molar-refractivity contribution in [1.29, 1.82) is 0 Å². The number of piperidine rings is 1. The fraction of sp³-hybridized carbons (Fsp3) is 0.591. The first-order chi connectivity index (χ1) is 14.1. The van der Waals surface area contributed by atoms with Gasteiger partial charge in [0.2, 0.25) is 12.3 Å². The second-order valence-corrected chi connectivity index (χ2v) is 8.52. The fourth-order valence-corrected chi connectivity index (χ4v) is 4.69. The number of aromatic nitrogens is 2. The third kappa shape index (κ3) is 4.15. The minimum atomic E-state index is 0.0448. The Morgan fingerprint density at radius 3 is 2.66 bits per heavy atom. The van der Waals surface area contributed by atoms with Crippen molar-refractivity contribution in [2.24, 2.45) is 5.92 Å². The van der Waals surface area contributed by atoms with Crippen molar-refractivity contribution in [1.82, 2.24) is 24.3 Å². The fourth-order valence-electron chi connectivity index (χ4n) is 4.69. The number of carbonyl (C=O) groups is 2. The van der Waals surface area contributed by atoms with Crippen LogP contribution in [0.2, 0.25) is 0 Å². The van der Waals surface area contributed by atoms with Crippen molar-refractivity contribution in [3.63, 3.8) is 0 Å². The molecule has 2 aliphatic rings. The van der Waals surface area contributed by atoms with Gasteiger partial charge in [-0.2, -0.15) is 0 Å². The average molecular weight is 398 g/mol. The number of para-hydroxylation sites is 2. The zero-order valence-corrected chi connectivity index (χ0v) is 17.5. The Hall–Kier alpha value is -2.41. The summed E-state index contributed by atoms with van der Waals surface area (Å²) in [5.41, 5.74) is 2.21. The van der Waals surface area contributed by atoms with E-state index >= 15 is 0 Å². The summed E-state index contributed by atoms with van der Waals surface area (Å²) in [6, 6.07) is 8.64. The Kier molecular flexibility index (Phi) is 5.85. The number of carbonyl (C=O) groups excluding carboxylic acids is 2. The lowest BCUT2D eigenvalue weighted by molar-refractivity contribution is -0.140. The number of piperazine rings is 1. The van der Waals surface area contributed by atoms with Gasteiger partial charge < -0.3 is 14.4 Å². The highest BCUT2D eigenvalue weighted by Crippen LogP contribution is 2.25. The normalized spacial score (nSPS) is 21.1. The lowest BCUT2D eigenvalue weighted by Crippen LogP contribution is -2.52. The number of imidazole rings is 1. The molecule has 7 nitrogen and oxygen atoms in total. The summed E-state index contributed by atoms with van der Waals surface area (Å²) in [5.74, 6) is 1.37. The first-order valence-electron chi connectivity index (χ1n) is 10.7. The van der Waals surface area contributed by atoms with Gasteiger partial charge in [0, 0.05) is 38.8 Å². The SMILES string of the molecule is CC(C)n1c(CN2CCC[C@@H](C(=O)N3CCN(C=O)CC3)C2)nc2ccccc21. The van der Waals surface area contributed by atoms with Crippen LogP contribution in [0.4, 0.5) is 0 Å². The van der Waals surface area contributed by atoms with Gasteiger partial charge in [0.05, 0.1) is 23.5 Å². The van der Waals surface area contributed by atoms with Crippen LogP contribution >= 0.6 is 0 Å². The lowest BCUT2D eigenvalue weighted by Gasteiger charge is -2.38. The number of amides is 2. The number of hydrogen-bond donors (Lipinski definition) is 0. The summed E-state index contributed by atoms with van der Waals surface area (Å²) in [7, 11) is 0. The second-order valence-electron chi connectivity index (χ2n) is 8.52. The van der Waals surface area contributed by atoms with E-state index in [0.717, 1.165) is 50.2 Å². The van der Waals surface area contributed by atoms with E-state index in [9.17, 15) is 9.59 Å². The van der Waals surface area contributed by atoms with Gasteiger partial charge in [-0.3, -0.25) is 14.5 Å². The van der Waals surface area contributed by atoms with Gasteiger partial charge in [0.1, 0.15) is 5.82 Å². The summed E-state index contributed by atoms with van der Waals surface area (Å²) in [6.07, 6.45) is 2.86. The molecule has 4 rings (SSSR count). The zero-order valence-electron chi connectivity index (χ0n) is 17.5. The van der Waals surface area contributed by atoms with Gasteiger partial charge >= 0.3 is 0 Å². The molecule has 0 spiro atoms. The maximum absolute atomic E-state index is 13.0. The largest absolute Gasteiger partial charge is 0.342 e. The molecular formula is C22H31N5O2. The van der Waals surface area contributed by atoms with Gasteiger partial charge in [-0.15, -0.1) is 0 Å². The molecule has 0 N–H and O–H groups in total. The lowest BCUT2D eigenvalue weighted by atomic mass is 9.96. The van der Waals surface area contributed by atoms with Crippen molar-refractivity contribution < 1.29 is 9.59 Å². The van der Waals surface area contributed by atoms with E-state index in [4.69, 9.17) is 4.98 Å². The Morgan fingerprint density at radius 2 is 1.93 bits per heavy atom. The molecule has 2 saturated heterocycles. The van der Waals surface area contributed by atoms with Crippen LogP contribution in [0.5, 0.6) is 0 Å². The third-order valence-corrected chi connectivity index (χ3v) is 6.18. The first kappa shape index (κ1) is 19.9. The quantitative estimate of drug-likeness (QED) is 0.725. The monoisotopic (exact) mass is 397 g/mol. The molecule has 2 aliphatic heterocycles. The van der Waals surface area contributed by atoms with E-state index in [-0.39, 0.29) is 11.8 Å². The third-order valence-electron chi connectivity index (χ3n) is 6.18. The molecule has 2 aromatic rings. The maximum atomic E-state index is 13.0. The topological polar surface area (TPSA) is 61.7 Å². The number of benzene rings is 1. The molecule has 0 radical (unpaired) electrons. The van der Waals surface area contributed by atoms with Gasteiger partial charge in [0.25, 0.3) is 0 Å². The smallest absolute Gasteiger partial charge is 0.227 e. The Balaban J connectivity index is 1.44. The summed E-state index contributed by atoms with van der Waals surface area (Å²) >= 11 is 0. The number of rotatable bonds is 5. The summed E-state index contributed by atoms with van der Waals surface area (Å²) < 4.78 is 2.32. The van der Waals surface area contributed by atoms with Gasteiger partial charge in [-0.1, -0.05) is 12.1 Å². The van der Waals surface area contributed by atoms with Crippen LogP contribution in [0, 0.1) is 5.92 Å². The van der Waals surface area contributed by atoms with Crippen molar-refractivity contribution in [3.05, 3.63) is 30.1 Å². The molecule has 156 valence electrons. The molecule has 29 heavy (non-hydrogen) atoms. The van der Waals surface area contributed by atoms with E-state index < -0.39 is 0 Å². The molecular weight excluding hydrogens is 366 g/mol. The molecule has 0 bridgehead atoms. The molecule has 1 aromatic carbocycles. The highest BCUT2D eigenvalue weighted by Gasteiger charge is 2.31. The van der Waals surface area contributed by atoms with E-state index in [1.165, 1.54) is 5.52 Å². The van der Waals surface area contributed by atoms with Crippen LogP contribution in [0.1, 0.15) is 38.6 Å². The minimum Gasteiger partial charge on any atom is -0.342 e. The Morgan fingerprint density at radius 1 is 1.17 bits per heavy atom. The van der Waals surface area contributed by atoms with Crippen LogP contribution in [0.15, 0.2) is 24.3 Å². The van der Waals surface area contributed by atoms with Crippen molar-refractivity contribution >= 4 is 23.4 Å². The van der Waals surface area contributed by atoms with Gasteiger partial charge in [-0.25, -0.2) is 4.98 Å². The molecule has 1 atom stereocenters. The Bertz CT molecular complexity index is 869. The number of fused-ring (bicyclic) bond motifs is 1. The van der Waals surface area contributed by atoms with Gasteiger partial charge in [-0.05, 0) is 45.4 Å². The minimum absolute atomic E-state index is 0.0448. The van der Waals surface area contributed by atoms with Crippen LogP contribution < -0.4 is 0 Å². The molecule has 3 heterocycles. The summed E-state index contributed by atoms with van der Waals surface area (Å²) in [4.78, 5) is 34.9. The maximum Gasteiger partial charge on any atom is 0.227 e. The molecule has 2 amide bonds. The number of hydrogen-bond acceptors (Lipinski definition) is 4. The van der Waals surface area contributed by atoms with E-state index in [1.54, 1.807) is 4.90 Å². The van der Waals surface area contributed by atoms with Crippen LogP contribution in [-0.2, 0) is 16.1 Å². The first-order valence-corrected chi connectivity index (χ1v) is 10.7. The predicted molar refractivity (Wildman–Crippen MR) is 112 cm³/mol. The van der Waals surface area contributed by atoms with E-state index in [0.29, 0.717) is 32.2 Å². The van der Waals surface area contributed by atoms with E-state index in [2.05, 4.69) is 41.5 Å². The highest BCUT2D eigenvalue weighted by atomic mass is 16.2. The van der Waals surface area contributed by atoms with Crippen LogP contribution in [0.3, 0.4) is 0 Å². The molecule has 1 aromatic heterocycles. The summed E-state index contributed by atoms with van der Waals surface area (Å²) in [6.45, 7) is 9.54. The van der Waals surface area contributed by atoms with Crippen molar-refractivity contribution in [3.8, 4) is 0 Å². The molecule has 0 saturated carbocycles. The molecule has 0 aliphatic carbocycles. The number of nitrogens with zero attached hydrogens (tertiary/aromatic N) is 5. The molecule has 7 heteroatoms. The summed E-state index contributed by atoms with van der Waals surface area (Å²) in [5, 5.41) is 0. The van der Waals surface area contributed by atoms with Crippen LogP contribution in [-0.4, -0.2) is 75.8 Å². The molecule has 0 unspecified atom stereocenters. The Labute approximate surface area is 172 Å². The van der Waals surface area contributed by atoms with Crippen LogP contribution in [0.25, 0.3) is 11.0 Å². The van der Waals surface area contributed by atoms with Crippen molar-refractivity contribution in [2.75, 3.05) is 39.3 Å². The predicted octanol–water partition coefficient (Wildman–Crippen LogP) is 2.13. The molecule has 2 fully saturated rings. The average Bonchev–Trinajstić information content (AvgIpc) is 3.11. The second kappa shape index (κ2) is 8.53. The van der Waals surface area contributed by atoms with E-state index in [1.807, 2.05) is 11.0 Å². The zero-order chi connectivity index (χ0) is 20.4. The van der Waals surface area contributed by atoms with Gasteiger partial charge in [0.15, 0.2) is 0 Å². The number of likely N-dealkylation sites (tertiary alicyclic amines) is 1. The standard InChI is InChI=1S/C22H31N5O2/c1-17(2)27-20-8-4-3-7-19(20)23-21(27)15-25-9-5-6-18(14-25)22(29)26-12-10-24(16-28)11-13-26/h3-4,7-8,16-18H,5-6,9-15H2,1-2H3/t18-/m1/s1.